The maximum absolute atomic E-state index is 5.59. The molecule has 2 aromatic heterocycles. The van der Waals surface area contributed by atoms with Gasteiger partial charge in [0.05, 0.1) is 31.2 Å². The minimum atomic E-state index is 0.726. The summed E-state index contributed by atoms with van der Waals surface area (Å²) in [6.07, 6.45) is 0. The van der Waals surface area contributed by atoms with Gasteiger partial charge in [0.25, 0.3) is 0 Å². The van der Waals surface area contributed by atoms with Gasteiger partial charge < -0.3 is 9.47 Å². The largest absolute Gasteiger partial charge is 0.493 e. The third kappa shape index (κ3) is 5.15. The summed E-state index contributed by atoms with van der Waals surface area (Å²) in [6, 6.07) is 16.3. The molecule has 5 rings (SSSR count). The number of methoxy groups -OCH3 is 2. The zero-order valence-electron chi connectivity index (χ0n) is 19.4. The maximum atomic E-state index is 5.59. The highest BCUT2D eigenvalue weighted by Crippen LogP contribution is 2.39. The van der Waals surface area contributed by atoms with Gasteiger partial charge in [0.15, 0.2) is 11.5 Å². The van der Waals surface area contributed by atoms with Crippen molar-refractivity contribution >= 4 is 22.7 Å². The van der Waals surface area contributed by atoms with E-state index in [4.69, 9.17) is 19.4 Å². The molecule has 0 atom stereocenters. The number of para-hydroxylation sites is 1. The molecule has 34 heavy (non-hydrogen) atoms. The number of rotatable bonds is 8. The lowest BCUT2D eigenvalue weighted by Gasteiger charge is -2.33. The molecule has 1 saturated heterocycles. The lowest BCUT2D eigenvalue weighted by Crippen LogP contribution is -2.45. The van der Waals surface area contributed by atoms with E-state index in [1.807, 2.05) is 24.3 Å². The van der Waals surface area contributed by atoms with Crippen molar-refractivity contribution in [1.29, 1.82) is 0 Å². The second-order valence-corrected chi connectivity index (χ2v) is 9.96. The molecule has 2 aromatic carbocycles. The molecule has 0 bridgehead atoms. The van der Waals surface area contributed by atoms with Crippen molar-refractivity contribution in [1.82, 2.24) is 19.8 Å². The van der Waals surface area contributed by atoms with E-state index < -0.39 is 0 Å². The predicted octanol–water partition coefficient (Wildman–Crippen LogP) is 5.27. The number of benzene rings is 2. The molecule has 4 aromatic rings. The summed E-state index contributed by atoms with van der Waals surface area (Å²) in [7, 11) is 3.33. The third-order valence-corrected chi connectivity index (χ3v) is 7.86. The lowest BCUT2D eigenvalue weighted by molar-refractivity contribution is 0.120. The quantitative estimate of drug-likeness (QED) is 0.334. The van der Waals surface area contributed by atoms with Crippen molar-refractivity contribution in [2.24, 2.45) is 0 Å². The van der Waals surface area contributed by atoms with E-state index in [9.17, 15) is 0 Å². The normalized spacial score (nSPS) is 14.9. The van der Waals surface area contributed by atoms with Gasteiger partial charge in [-0.05, 0) is 12.1 Å². The van der Waals surface area contributed by atoms with Crippen molar-refractivity contribution in [3.8, 4) is 32.6 Å². The van der Waals surface area contributed by atoms with Crippen LogP contribution in [0.5, 0.6) is 11.5 Å². The Morgan fingerprint density at radius 1 is 0.735 bits per heavy atom. The number of piperazine rings is 1. The second-order valence-electron chi connectivity index (χ2n) is 8.25. The van der Waals surface area contributed by atoms with E-state index in [1.165, 1.54) is 5.56 Å². The van der Waals surface area contributed by atoms with Crippen LogP contribution in [0.1, 0.15) is 11.4 Å². The van der Waals surface area contributed by atoms with E-state index in [0.29, 0.717) is 0 Å². The standard InChI is InChI=1S/C26H28N4O2S2/c1-31-23-10-6-9-22(24(23)32-2)26-28-21(18-34-26)16-30-13-11-29(12-14-30)15-20-17-33-25(27-20)19-7-4-3-5-8-19/h3-10,17-18H,11-16H2,1-2H3. The summed E-state index contributed by atoms with van der Waals surface area (Å²) in [5, 5.41) is 6.41. The van der Waals surface area contributed by atoms with Gasteiger partial charge in [-0.15, -0.1) is 22.7 Å². The number of hydrogen-bond donors (Lipinski definition) is 0. The summed E-state index contributed by atoms with van der Waals surface area (Å²) in [4.78, 5) is 14.7. The molecular formula is C26H28N4O2S2. The zero-order valence-corrected chi connectivity index (χ0v) is 21.1. The van der Waals surface area contributed by atoms with Crippen LogP contribution in [0.4, 0.5) is 0 Å². The first-order valence-electron chi connectivity index (χ1n) is 11.3. The van der Waals surface area contributed by atoms with Crippen LogP contribution in [0.2, 0.25) is 0 Å². The van der Waals surface area contributed by atoms with Gasteiger partial charge >= 0.3 is 0 Å². The van der Waals surface area contributed by atoms with E-state index in [1.54, 1.807) is 36.9 Å². The Balaban J connectivity index is 1.16. The van der Waals surface area contributed by atoms with Gasteiger partial charge in [-0.2, -0.15) is 0 Å². The molecule has 6 nitrogen and oxygen atoms in total. The number of aromatic nitrogens is 2. The van der Waals surface area contributed by atoms with Crippen molar-refractivity contribution in [2.45, 2.75) is 13.1 Å². The summed E-state index contributed by atoms with van der Waals surface area (Å²) < 4.78 is 11.0. The Morgan fingerprint density at radius 2 is 1.35 bits per heavy atom. The summed E-state index contributed by atoms with van der Waals surface area (Å²) in [5.41, 5.74) is 4.43. The monoisotopic (exact) mass is 492 g/mol. The molecule has 0 spiro atoms. The minimum absolute atomic E-state index is 0.726. The smallest absolute Gasteiger partial charge is 0.170 e. The Bertz CT molecular complexity index is 1220. The van der Waals surface area contributed by atoms with Gasteiger partial charge in [-0.1, -0.05) is 36.4 Å². The van der Waals surface area contributed by atoms with Crippen LogP contribution in [-0.2, 0) is 13.1 Å². The van der Waals surface area contributed by atoms with E-state index in [-0.39, 0.29) is 0 Å². The Hall–Kier alpha value is -2.78. The van der Waals surface area contributed by atoms with Crippen LogP contribution in [0.25, 0.3) is 21.1 Å². The highest BCUT2D eigenvalue weighted by molar-refractivity contribution is 7.13. The first kappa shape index (κ1) is 23.0. The minimum Gasteiger partial charge on any atom is -0.493 e. The molecule has 176 valence electrons. The lowest BCUT2D eigenvalue weighted by atomic mass is 10.2. The van der Waals surface area contributed by atoms with Crippen LogP contribution in [0.3, 0.4) is 0 Å². The molecular weight excluding hydrogens is 464 g/mol. The fourth-order valence-electron chi connectivity index (χ4n) is 4.22. The SMILES string of the molecule is COc1cccc(-c2nc(CN3CCN(Cc4csc(-c5ccccc5)n4)CC3)cs2)c1OC. The van der Waals surface area contributed by atoms with Crippen LogP contribution in [0.15, 0.2) is 59.3 Å². The first-order chi connectivity index (χ1) is 16.7. The number of nitrogens with zero attached hydrogens (tertiary/aromatic N) is 4. The summed E-state index contributed by atoms with van der Waals surface area (Å²) in [6.45, 7) is 5.92. The highest BCUT2D eigenvalue weighted by Gasteiger charge is 2.20. The van der Waals surface area contributed by atoms with E-state index in [2.05, 4.69) is 44.8 Å². The second kappa shape index (κ2) is 10.7. The Labute approximate surface area is 208 Å². The van der Waals surface area contributed by atoms with Gasteiger partial charge in [-0.25, -0.2) is 9.97 Å². The first-order valence-corrected chi connectivity index (χ1v) is 13.1. The van der Waals surface area contributed by atoms with Crippen LogP contribution >= 0.6 is 22.7 Å². The summed E-state index contributed by atoms with van der Waals surface area (Å²) >= 11 is 3.38. The zero-order chi connectivity index (χ0) is 23.3. The average Bonchev–Trinajstić information content (AvgIpc) is 3.55. The number of hydrogen-bond acceptors (Lipinski definition) is 8. The van der Waals surface area contributed by atoms with Gasteiger partial charge in [0.2, 0.25) is 0 Å². The molecule has 1 fully saturated rings. The number of ether oxygens (including phenoxy) is 2. The van der Waals surface area contributed by atoms with Gasteiger partial charge in [0.1, 0.15) is 10.0 Å². The molecule has 0 amide bonds. The molecule has 1 aliphatic heterocycles. The van der Waals surface area contributed by atoms with E-state index >= 15 is 0 Å². The molecule has 0 unspecified atom stereocenters. The topological polar surface area (TPSA) is 50.7 Å². The molecule has 1 aliphatic rings. The van der Waals surface area contributed by atoms with Gasteiger partial charge in [0, 0.05) is 55.6 Å². The third-order valence-electron chi connectivity index (χ3n) is 5.99. The molecule has 3 heterocycles. The van der Waals surface area contributed by atoms with Crippen molar-refractivity contribution in [3.63, 3.8) is 0 Å². The molecule has 0 radical (unpaired) electrons. The van der Waals surface area contributed by atoms with Crippen molar-refractivity contribution in [3.05, 3.63) is 70.7 Å². The van der Waals surface area contributed by atoms with Crippen LogP contribution < -0.4 is 9.47 Å². The summed E-state index contributed by atoms with van der Waals surface area (Å²) in [5.74, 6) is 1.46. The van der Waals surface area contributed by atoms with Gasteiger partial charge in [-0.3, -0.25) is 9.80 Å². The Kier molecular flexibility index (Phi) is 7.20. The fourth-order valence-corrected chi connectivity index (χ4v) is 5.87. The molecule has 8 heteroatoms. The number of thiazole rings is 2. The maximum Gasteiger partial charge on any atom is 0.170 e. The molecule has 0 saturated carbocycles. The Morgan fingerprint density at radius 3 is 1.97 bits per heavy atom. The molecule has 0 N–H and O–H groups in total. The predicted molar refractivity (Wildman–Crippen MR) is 139 cm³/mol. The fraction of sp³-hybridized carbons (Fsp3) is 0.308. The van der Waals surface area contributed by atoms with Crippen LogP contribution in [0, 0.1) is 0 Å². The molecule has 0 aliphatic carbocycles. The van der Waals surface area contributed by atoms with E-state index in [0.717, 1.165) is 77.7 Å². The van der Waals surface area contributed by atoms with Crippen LogP contribution in [-0.4, -0.2) is 60.2 Å². The highest BCUT2D eigenvalue weighted by atomic mass is 32.1. The average molecular weight is 493 g/mol. The van der Waals surface area contributed by atoms with Crippen molar-refractivity contribution < 1.29 is 9.47 Å². The van der Waals surface area contributed by atoms with Crippen molar-refractivity contribution in [2.75, 3.05) is 40.4 Å².